The van der Waals surface area contributed by atoms with Gasteiger partial charge in [0.15, 0.2) is 0 Å². The van der Waals surface area contributed by atoms with Crippen LogP contribution in [-0.2, 0) is 6.42 Å². The summed E-state index contributed by atoms with van der Waals surface area (Å²) in [4.78, 5) is 14.4. The highest BCUT2D eigenvalue weighted by atomic mass is 35.5. The number of carboxylic acids is 1. The van der Waals surface area contributed by atoms with Gasteiger partial charge in [-0.3, -0.25) is 0 Å². The summed E-state index contributed by atoms with van der Waals surface area (Å²) in [5.74, 6) is -0.945. The van der Waals surface area contributed by atoms with Crippen LogP contribution in [0.1, 0.15) is 34.5 Å². The number of aromatic nitrogens is 1. The molecule has 3 rings (SSSR count). The lowest BCUT2D eigenvalue weighted by Crippen LogP contribution is -2.32. The number of para-hydroxylation sites is 1. The lowest BCUT2D eigenvalue weighted by molar-refractivity contribution is 0.0699. The molecule has 0 bridgehead atoms. The Labute approximate surface area is 156 Å². The lowest BCUT2D eigenvalue weighted by atomic mass is 10.0. The highest BCUT2D eigenvalue weighted by Crippen LogP contribution is 2.23. The van der Waals surface area contributed by atoms with Gasteiger partial charge >= 0.3 is 5.97 Å². The molecule has 0 aliphatic heterocycles. The highest BCUT2D eigenvalue weighted by molar-refractivity contribution is 6.30. The molecule has 2 aromatic carbocycles. The Morgan fingerprint density at radius 3 is 2.77 bits per heavy atom. The zero-order valence-corrected chi connectivity index (χ0v) is 15.1. The second-order valence-electron chi connectivity index (χ2n) is 6.43. The van der Waals surface area contributed by atoms with E-state index < -0.39 is 12.1 Å². The smallest absolute Gasteiger partial charge is 0.337 e. The lowest BCUT2D eigenvalue weighted by Gasteiger charge is -2.17. The van der Waals surface area contributed by atoms with E-state index in [0.29, 0.717) is 23.5 Å². The average molecular weight is 373 g/mol. The molecule has 3 aromatic rings. The molecule has 0 fully saturated rings. The molecule has 2 atom stereocenters. The first-order chi connectivity index (χ1) is 12.5. The van der Waals surface area contributed by atoms with Crippen LogP contribution in [0.3, 0.4) is 0 Å². The maximum absolute atomic E-state index is 11.3. The van der Waals surface area contributed by atoms with Crippen molar-refractivity contribution in [2.45, 2.75) is 25.5 Å². The number of carboxylic acid groups (broad SMARTS) is 1. The van der Waals surface area contributed by atoms with Crippen LogP contribution in [0.25, 0.3) is 10.9 Å². The van der Waals surface area contributed by atoms with Crippen LogP contribution in [0.2, 0.25) is 5.02 Å². The fourth-order valence-electron chi connectivity index (χ4n) is 3.11. The second-order valence-corrected chi connectivity index (χ2v) is 6.87. The van der Waals surface area contributed by atoms with Crippen molar-refractivity contribution in [1.29, 1.82) is 0 Å². The molecule has 136 valence electrons. The van der Waals surface area contributed by atoms with Gasteiger partial charge in [-0.2, -0.15) is 0 Å². The second kappa shape index (κ2) is 7.91. The number of H-pyrrole nitrogens is 1. The Bertz CT molecular complexity index is 922. The van der Waals surface area contributed by atoms with Gasteiger partial charge in [0.05, 0.1) is 17.2 Å². The number of nitrogens with one attached hydrogen (secondary N) is 2. The minimum Gasteiger partial charge on any atom is -0.478 e. The third-order valence-corrected chi connectivity index (χ3v) is 4.69. The number of halogens is 1. The first-order valence-electron chi connectivity index (χ1n) is 8.45. The number of hydrogen-bond donors (Lipinski definition) is 4. The van der Waals surface area contributed by atoms with Crippen molar-refractivity contribution in [3.8, 4) is 0 Å². The van der Waals surface area contributed by atoms with E-state index in [0.717, 1.165) is 16.5 Å². The molecule has 6 heteroatoms. The summed E-state index contributed by atoms with van der Waals surface area (Å²) in [7, 11) is 0. The monoisotopic (exact) mass is 372 g/mol. The van der Waals surface area contributed by atoms with Crippen molar-refractivity contribution >= 4 is 28.5 Å². The molecule has 4 N–H and O–H groups in total. The maximum atomic E-state index is 11.3. The van der Waals surface area contributed by atoms with Crippen molar-refractivity contribution < 1.29 is 15.0 Å². The van der Waals surface area contributed by atoms with E-state index in [9.17, 15) is 15.0 Å². The minimum absolute atomic E-state index is 0.108. The van der Waals surface area contributed by atoms with Crippen molar-refractivity contribution in [1.82, 2.24) is 10.3 Å². The Kier molecular flexibility index (Phi) is 5.61. The van der Waals surface area contributed by atoms with E-state index >= 15 is 0 Å². The largest absolute Gasteiger partial charge is 0.478 e. The highest BCUT2D eigenvalue weighted by Gasteiger charge is 2.15. The summed E-state index contributed by atoms with van der Waals surface area (Å²) < 4.78 is 0. The average Bonchev–Trinajstić information content (AvgIpc) is 3.02. The Hall–Kier alpha value is -2.34. The van der Waals surface area contributed by atoms with E-state index in [2.05, 4.69) is 10.3 Å². The molecule has 0 saturated heterocycles. The number of aliphatic hydroxyl groups excluding tert-OH is 1. The van der Waals surface area contributed by atoms with Crippen LogP contribution < -0.4 is 5.32 Å². The van der Waals surface area contributed by atoms with Gasteiger partial charge in [-0.1, -0.05) is 35.9 Å². The molecule has 0 amide bonds. The van der Waals surface area contributed by atoms with E-state index in [1.165, 1.54) is 0 Å². The predicted molar refractivity (Wildman–Crippen MR) is 103 cm³/mol. The van der Waals surface area contributed by atoms with Crippen LogP contribution in [0.15, 0.2) is 48.7 Å². The van der Waals surface area contributed by atoms with E-state index in [4.69, 9.17) is 11.6 Å². The third-order valence-electron chi connectivity index (χ3n) is 4.45. The molecule has 0 radical (unpaired) electrons. The van der Waals surface area contributed by atoms with E-state index in [-0.39, 0.29) is 11.6 Å². The van der Waals surface area contributed by atoms with Crippen molar-refractivity contribution in [2.75, 3.05) is 6.54 Å². The zero-order chi connectivity index (χ0) is 18.7. The van der Waals surface area contributed by atoms with Gasteiger partial charge in [-0.15, -0.1) is 0 Å². The van der Waals surface area contributed by atoms with Crippen molar-refractivity contribution in [3.05, 3.63) is 70.4 Å². The quantitative estimate of drug-likeness (QED) is 0.508. The number of carbonyl (C=O) groups is 1. The van der Waals surface area contributed by atoms with Crippen molar-refractivity contribution in [2.24, 2.45) is 0 Å². The maximum Gasteiger partial charge on any atom is 0.337 e. The zero-order valence-electron chi connectivity index (χ0n) is 14.4. The Balaban J connectivity index is 1.65. The van der Waals surface area contributed by atoms with Gasteiger partial charge in [0.2, 0.25) is 0 Å². The van der Waals surface area contributed by atoms with Gasteiger partial charge in [0.1, 0.15) is 0 Å². The van der Waals surface area contributed by atoms with Gasteiger partial charge in [-0.05, 0) is 42.7 Å². The molecule has 0 saturated carbocycles. The molecule has 0 aliphatic rings. The topological polar surface area (TPSA) is 85.4 Å². The van der Waals surface area contributed by atoms with E-state index in [1.807, 2.05) is 31.3 Å². The van der Waals surface area contributed by atoms with Crippen LogP contribution in [-0.4, -0.2) is 33.8 Å². The van der Waals surface area contributed by atoms with Crippen LogP contribution in [0.4, 0.5) is 0 Å². The number of fused-ring (bicyclic) bond motifs is 1. The SMILES string of the molecule is C[C@H](Cc1c[nH]c2c(C(=O)O)cccc12)NC[C@@H](O)c1cccc(Cl)c1. The Morgan fingerprint density at radius 1 is 1.27 bits per heavy atom. The van der Waals surface area contributed by atoms with Gasteiger partial charge in [0.25, 0.3) is 0 Å². The summed E-state index contributed by atoms with van der Waals surface area (Å²) in [5.41, 5.74) is 2.72. The number of aromatic carboxylic acids is 1. The summed E-state index contributed by atoms with van der Waals surface area (Å²) in [6, 6.07) is 12.6. The molecular weight excluding hydrogens is 352 g/mol. The molecular formula is C20H21ClN2O3. The number of aromatic amines is 1. The molecule has 0 unspecified atom stereocenters. The first kappa shape index (κ1) is 18.5. The van der Waals surface area contributed by atoms with E-state index in [1.54, 1.807) is 24.3 Å². The molecule has 5 nitrogen and oxygen atoms in total. The first-order valence-corrected chi connectivity index (χ1v) is 8.82. The molecule has 26 heavy (non-hydrogen) atoms. The number of rotatable bonds is 7. The van der Waals surface area contributed by atoms with Gasteiger partial charge < -0.3 is 20.5 Å². The fraction of sp³-hybridized carbons (Fsp3) is 0.250. The van der Waals surface area contributed by atoms with Crippen LogP contribution in [0, 0.1) is 0 Å². The normalized spacial score (nSPS) is 13.7. The van der Waals surface area contributed by atoms with Gasteiger partial charge in [-0.25, -0.2) is 4.79 Å². The predicted octanol–water partition coefficient (Wildman–Crippen LogP) is 3.77. The summed E-state index contributed by atoms with van der Waals surface area (Å²) in [6.45, 7) is 2.44. The van der Waals surface area contributed by atoms with Crippen LogP contribution >= 0.6 is 11.6 Å². The summed E-state index contributed by atoms with van der Waals surface area (Å²) in [5, 5.41) is 24.4. The third kappa shape index (κ3) is 4.07. The minimum atomic E-state index is -0.945. The van der Waals surface area contributed by atoms with Crippen LogP contribution in [0.5, 0.6) is 0 Å². The number of benzene rings is 2. The van der Waals surface area contributed by atoms with Gasteiger partial charge in [0, 0.05) is 29.2 Å². The summed E-state index contributed by atoms with van der Waals surface area (Å²) in [6.07, 6.45) is 1.92. The molecule has 1 aromatic heterocycles. The standard InChI is InChI=1S/C20H21ClN2O3/c1-12(22-11-18(24)13-4-2-5-15(21)9-13)8-14-10-23-19-16(14)6-3-7-17(19)20(25)26/h2-7,9-10,12,18,22-24H,8,11H2,1H3,(H,25,26)/t12-,18-/m1/s1. The summed E-state index contributed by atoms with van der Waals surface area (Å²) >= 11 is 5.96. The van der Waals surface area contributed by atoms with Crippen molar-refractivity contribution in [3.63, 3.8) is 0 Å². The molecule has 0 aliphatic carbocycles. The molecule has 0 spiro atoms. The molecule has 1 heterocycles. The Morgan fingerprint density at radius 2 is 2.04 bits per heavy atom. The fourth-order valence-corrected chi connectivity index (χ4v) is 3.30. The number of hydrogen-bond acceptors (Lipinski definition) is 3. The number of aliphatic hydroxyl groups is 1.